The summed E-state index contributed by atoms with van der Waals surface area (Å²) in [5, 5.41) is 9.93. The van der Waals surface area contributed by atoms with E-state index in [4.69, 9.17) is 0 Å². The maximum Gasteiger partial charge on any atom is 0.202 e. The third kappa shape index (κ3) is 3.56. The summed E-state index contributed by atoms with van der Waals surface area (Å²) in [6, 6.07) is 17.4. The van der Waals surface area contributed by atoms with Crippen molar-refractivity contribution >= 4 is 11.0 Å². The molecule has 0 saturated heterocycles. The predicted molar refractivity (Wildman–Crippen MR) is 112 cm³/mol. The molecular formula is C23H18F2N6. The van der Waals surface area contributed by atoms with Gasteiger partial charge in [-0.1, -0.05) is 36.4 Å². The van der Waals surface area contributed by atoms with E-state index in [2.05, 4.69) is 20.2 Å². The summed E-state index contributed by atoms with van der Waals surface area (Å²) in [4.78, 5) is 8.96. The smallest absolute Gasteiger partial charge is 0.202 e. The molecule has 5 rings (SSSR count). The zero-order valence-electron chi connectivity index (χ0n) is 16.7. The molecular weight excluding hydrogens is 398 g/mol. The van der Waals surface area contributed by atoms with Gasteiger partial charge in [-0.3, -0.25) is 0 Å². The largest absolute Gasteiger partial charge is 0.245 e. The second-order valence-electron chi connectivity index (χ2n) is 7.21. The average molecular weight is 416 g/mol. The Labute approximate surface area is 176 Å². The first-order valence-electron chi connectivity index (χ1n) is 9.80. The molecule has 0 atom stereocenters. The molecule has 5 aromatic rings. The molecule has 6 nitrogen and oxygen atoms in total. The van der Waals surface area contributed by atoms with Gasteiger partial charge in [0, 0.05) is 11.8 Å². The van der Waals surface area contributed by atoms with Crippen LogP contribution in [0.1, 0.15) is 17.0 Å². The monoisotopic (exact) mass is 416 g/mol. The van der Waals surface area contributed by atoms with Crippen LogP contribution in [0.25, 0.3) is 22.6 Å². The van der Waals surface area contributed by atoms with E-state index in [-0.39, 0.29) is 12.1 Å². The van der Waals surface area contributed by atoms with Gasteiger partial charge in [0.15, 0.2) is 5.65 Å². The lowest BCUT2D eigenvalue weighted by Gasteiger charge is -2.05. The highest BCUT2D eigenvalue weighted by Gasteiger charge is 2.20. The molecule has 3 aromatic heterocycles. The molecule has 2 aromatic carbocycles. The fourth-order valence-corrected chi connectivity index (χ4v) is 3.54. The van der Waals surface area contributed by atoms with E-state index >= 15 is 0 Å². The molecule has 0 fully saturated rings. The lowest BCUT2D eigenvalue weighted by Crippen LogP contribution is -2.07. The Morgan fingerprint density at radius 3 is 2.35 bits per heavy atom. The fraction of sp³-hybridized carbons (Fsp3) is 0.130. The van der Waals surface area contributed by atoms with Crippen molar-refractivity contribution in [3.05, 3.63) is 95.4 Å². The second kappa shape index (κ2) is 7.71. The van der Waals surface area contributed by atoms with Crippen molar-refractivity contribution in [2.75, 3.05) is 0 Å². The Balaban J connectivity index is 1.56. The number of fused-ring (bicyclic) bond motifs is 1. The molecule has 0 unspecified atom stereocenters. The number of halogens is 2. The van der Waals surface area contributed by atoms with Crippen LogP contribution < -0.4 is 0 Å². The van der Waals surface area contributed by atoms with Gasteiger partial charge in [0.25, 0.3) is 0 Å². The summed E-state index contributed by atoms with van der Waals surface area (Å²) in [6.45, 7) is 2.37. The second-order valence-corrected chi connectivity index (χ2v) is 7.21. The van der Waals surface area contributed by atoms with Crippen LogP contribution in [0.3, 0.4) is 0 Å². The van der Waals surface area contributed by atoms with Gasteiger partial charge in [-0.15, -0.1) is 5.10 Å². The van der Waals surface area contributed by atoms with E-state index in [1.807, 2.05) is 48.0 Å². The molecule has 8 heteroatoms. The fourth-order valence-electron chi connectivity index (χ4n) is 3.54. The van der Waals surface area contributed by atoms with Crippen LogP contribution in [-0.2, 0) is 13.1 Å². The molecule has 3 heterocycles. The van der Waals surface area contributed by atoms with Gasteiger partial charge in [0.1, 0.15) is 23.2 Å². The normalized spacial score (nSPS) is 11.3. The van der Waals surface area contributed by atoms with E-state index in [0.29, 0.717) is 23.7 Å². The van der Waals surface area contributed by atoms with Crippen LogP contribution in [-0.4, -0.2) is 29.5 Å². The topological polar surface area (TPSA) is 61.4 Å². The lowest BCUT2D eigenvalue weighted by atomic mass is 10.2. The van der Waals surface area contributed by atoms with Gasteiger partial charge in [0.05, 0.1) is 18.5 Å². The Kier molecular flexibility index (Phi) is 4.74. The Morgan fingerprint density at radius 2 is 1.58 bits per heavy atom. The van der Waals surface area contributed by atoms with Crippen molar-refractivity contribution in [3.8, 4) is 11.5 Å². The van der Waals surface area contributed by atoms with Crippen LogP contribution in [0.4, 0.5) is 8.78 Å². The van der Waals surface area contributed by atoms with Gasteiger partial charge in [0.2, 0.25) is 5.82 Å². The first kappa shape index (κ1) is 19.0. The molecule has 154 valence electrons. The van der Waals surface area contributed by atoms with Crippen molar-refractivity contribution in [2.45, 2.75) is 20.0 Å². The molecule has 0 N–H and O–H groups in total. The molecule has 0 radical (unpaired) electrons. The highest BCUT2D eigenvalue weighted by molar-refractivity contribution is 5.89. The van der Waals surface area contributed by atoms with Crippen molar-refractivity contribution in [2.24, 2.45) is 0 Å². The van der Waals surface area contributed by atoms with E-state index in [1.165, 1.54) is 22.9 Å². The third-order valence-electron chi connectivity index (χ3n) is 5.12. The minimum atomic E-state index is -0.623. The molecule has 0 aliphatic rings. The Bertz CT molecular complexity index is 1350. The average Bonchev–Trinajstić information content (AvgIpc) is 3.32. The van der Waals surface area contributed by atoms with Crippen LogP contribution in [0.15, 0.2) is 66.9 Å². The van der Waals surface area contributed by atoms with Crippen LogP contribution in [0.5, 0.6) is 0 Å². The maximum atomic E-state index is 14.2. The van der Waals surface area contributed by atoms with Crippen molar-refractivity contribution in [1.29, 1.82) is 0 Å². The number of aromatic nitrogens is 6. The summed E-state index contributed by atoms with van der Waals surface area (Å²) in [5.74, 6) is -0.0609. The molecule has 31 heavy (non-hydrogen) atoms. The minimum absolute atomic E-state index is 0.0668. The van der Waals surface area contributed by atoms with Gasteiger partial charge in [-0.2, -0.15) is 5.10 Å². The van der Waals surface area contributed by atoms with Crippen LogP contribution in [0, 0.1) is 18.6 Å². The molecule has 0 aliphatic heterocycles. The van der Waals surface area contributed by atoms with E-state index < -0.39 is 11.6 Å². The zero-order valence-corrected chi connectivity index (χ0v) is 16.7. The van der Waals surface area contributed by atoms with E-state index in [1.54, 1.807) is 12.3 Å². The summed E-state index contributed by atoms with van der Waals surface area (Å²) >= 11 is 0. The highest BCUT2D eigenvalue weighted by atomic mass is 19.1. The molecule has 0 saturated carbocycles. The molecule has 0 spiro atoms. The lowest BCUT2D eigenvalue weighted by molar-refractivity contribution is 0.536. The zero-order chi connectivity index (χ0) is 21.4. The van der Waals surface area contributed by atoms with E-state index in [9.17, 15) is 8.78 Å². The summed E-state index contributed by atoms with van der Waals surface area (Å²) < 4.78 is 31.7. The number of hydrogen-bond donors (Lipinski definition) is 0. The summed E-state index contributed by atoms with van der Waals surface area (Å²) in [7, 11) is 0. The number of benzene rings is 2. The van der Waals surface area contributed by atoms with Crippen molar-refractivity contribution in [3.63, 3.8) is 0 Å². The Morgan fingerprint density at radius 1 is 0.806 bits per heavy atom. The minimum Gasteiger partial charge on any atom is -0.245 e. The van der Waals surface area contributed by atoms with Gasteiger partial charge in [-0.05, 0) is 36.8 Å². The van der Waals surface area contributed by atoms with Crippen LogP contribution in [0.2, 0.25) is 0 Å². The first-order valence-corrected chi connectivity index (χ1v) is 9.80. The number of rotatable bonds is 5. The van der Waals surface area contributed by atoms with Gasteiger partial charge >= 0.3 is 0 Å². The predicted octanol–water partition coefficient (Wildman–Crippen LogP) is 4.37. The number of nitrogens with zero attached hydrogens (tertiary/aromatic N) is 6. The standard InChI is InChI=1S/C23H18F2N6/c1-15-27-22(29-30(15)13-16-7-3-2-4-8-16)21-17-9-6-12-26-23(17)31(28-21)14-18-19(24)10-5-11-20(18)25/h2-12H,13-14H2,1H3. The number of aryl methyl sites for hydroxylation is 1. The molecule has 0 aliphatic carbocycles. The maximum absolute atomic E-state index is 14.2. The Hall–Kier alpha value is -3.94. The summed E-state index contributed by atoms with van der Waals surface area (Å²) in [5.41, 5.74) is 2.07. The quantitative estimate of drug-likeness (QED) is 0.427. The number of hydrogen-bond acceptors (Lipinski definition) is 4. The molecule has 0 bridgehead atoms. The first-order chi connectivity index (χ1) is 15.1. The van der Waals surface area contributed by atoms with Crippen LogP contribution >= 0.6 is 0 Å². The third-order valence-corrected chi connectivity index (χ3v) is 5.12. The SMILES string of the molecule is Cc1nc(-c2nn(Cc3c(F)cccc3F)c3ncccc23)nn1Cc1ccccc1. The highest BCUT2D eigenvalue weighted by Crippen LogP contribution is 2.26. The molecule has 0 amide bonds. The van der Waals surface area contributed by atoms with E-state index in [0.717, 1.165) is 16.8 Å². The van der Waals surface area contributed by atoms with Crippen molar-refractivity contribution in [1.82, 2.24) is 29.5 Å². The van der Waals surface area contributed by atoms with Gasteiger partial charge in [-0.25, -0.2) is 28.1 Å². The van der Waals surface area contributed by atoms with Crippen molar-refractivity contribution < 1.29 is 8.78 Å². The van der Waals surface area contributed by atoms with Gasteiger partial charge < -0.3 is 0 Å². The summed E-state index contributed by atoms with van der Waals surface area (Å²) in [6.07, 6.45) is 1.62. The number of pyridine rings is 1.